The summed E-state index contributed by atoms with van der Waals surface area (Å²) in [5.74, 6) is 2.25. The van der Waals surface area contributed by atoms with Crippen molar-refractivity contribution in [3.05, 3.63) is 12.2 Å². The van der Waals surface area contributed by atoms with Gasteiger partial charge in [0, 0.05) is 0 Å². The molecular formula is C14H21ClO4. The summed E-state index contributed by atoms with van der Waals surface area (Å²) in [5.41, 5.74) is 0. The Kier molecular flexibility index (Phi) is 6.31. The van der Waals surface area contributed by atoms with Crippen LogP contribution in [0.4, 0.5) is 0 Å². The molecule has 0 aromatic carbocycles. The van der Waals surface area contributed by atoms with Crippen LogP contribution in [0.1, 0.15) is 12.8 Å². The molecular weight excluding hydrogens is 268 g/mol. The van der Waals surface area contributed by atoms with Gasteiger partial charge < -0.3 is 14.2 Å². The second-order valence-electron chi connectivity index (χ2n) is 5.14. The van der Waals surface area contributed by atoms with E-state index in [0.29, 0.717) is 32.3 Å². The molecule has 1 saturated carbocycles. The van der Waals surface area contributed by atoms with Crippen molar-refractivity contribution >= 4 is 16.8 Å². The summed E-state index contributed by atoms with van der Waals surface area (Å²) < 4.78 is 15.9. The Hall–Kier alpha value is -0.420. The standard InChI is InChI=1S/C14H21ClO4/c15-14(16)10-19-6-4-17-3-5-18-9-13-8-11-1-2-12(13)7-11/h1-2,11-13H,3-10H2. The molecule has 0 aliphatic heterocycles. The zero-order valence-electron chi connectivity index (χ0n) is 11.1. The van der Waals surface area contributed by atoms with Crippen molar-refractivity contribution in [3.63, 3.8) is 0 Å². The number of halogens is 1. The van der Waals surface area contributed by atoms with Crippen LogP contribution in [0.3, 0.4) is 0 Å². The third-order valence-corrected chi connectivity index (χ3v) is 3.82. The van der Waals surface area contributed by atoms with Crippen LogP contribution < -0.4 is 0 Å². The first-order valence-electron chi connectivity index (χ1n) is 6.85. The summed E-state index contributed by atoms with van der Waals surface area (Å²) in [7, 11) is 0. The lowest BCUT2D eigenvalue weighted by Crippen LogP contribution is -2.17. The molecule has 2 rings (SSSR count). The van der Waals surface area contributed by atoms with Gasteiger partial charge in [0.25, 0.3) is 0 Å². The van der Waals surface area contributed by atoms with Crippen LogP contribution in [0.15, 0.2) is 12.2 Å². The van der Waals surface area contributed by atoms with Gasteiger partial charge in [-0.3, -0.25) is 4.79 Å². The minimum atomic E-state index is -0.483. The Labute approximate surface area is 119 Å². The van der Waals surface area contributed by atoms with Crippen molar-refractivity contribution < 1.29 is 19.0 Å². The summed E-state index contributed by atoms with van der Waals surface area (Å²) in [5, 5.41) is -0.483. The van der Waals surface area contributed by atoms with Crippen LogP contribution in [0, 0.1) is 17.8 Å². The van der Waals surface area contributed by atoms with Crippen molar-refractivity contribution in [1.29, 1.82) is 0 Å². The Bertz CT molecular complexity index is 319. The molecule has 0 heterocycles. The maximum atomic E-state index is 10.4. The molecule has 3 atom stereocenters. The van der Waals surface area contributed by atoms with Crippen molar-refractivity contribution in [2.45, 2.75) is 12.8 Å². The average Bonchev–Trinajstić information content (AvgIpc) is 2.98. The Balaban J connectivity index is 1.37. The Morgan fingerprint density at radius 2 is 1.79 bits per heavy atom. The molecule has 2 aliphatic carbocycles. The van der Waals surface area contributed by atoms with E-state index in [0.717, 1.165) is 18.4 Å². The number of rotatable bonds is 10. The molecule has 3 unspecified atom stereocenters. The van der Waals surface area contributed by atoms with Gasteiger partial charge in [-0.2, -0.15) is 0 Å². The first-order valence-corrected chi connectivity index (χ1v) is 7.23. The van der Waals surface area contributed by atoms with Gasteiger partial charge in [0.15, 0.2) is 0 Å². The first-order chi connectivity index (χ1) is 9.25. The van der Waals surface area contributed by atoms with Crippen molar-refractivity contribution in [2.24, 2.45) is 17.8 Å². The van der Waals surface area contributed by atoms with Crippen LogP contribution in [0.25, 0.3) is 0 Å². The number of hydrogen-bond donors (Lipinski definition) is 0. The van der Waals surface area contributed by atoms with Crippen molar-refractivity contribution in [3.8, 4) is 0 Å². The van der Waals surface area contributed by atoms with Crippen molar-refractivity contribution in [2.75, 3.05) is 39.6 Å². The molecule has 2 aliphatic rings. The van der Waals surface area contributed by atoms with Gasteiger partial charge in [0.05, 0.1) is 33.0 Å². The minimum absolute atomic E-state index is 0.0564. The molecule has 108 valence electrons. The second-order valence-corrected chi connectivity index (χ2v) is 5.56. The van der Waals surface area contributed by atoms with E-state index in [1.807, 2.05) is 0 Å². The summed E-state index contributed by atoms with van der Waals surface area (Å²) in [4.78, 5) is 10.4. The highest BCUT2D eigenvalue weighted by atomic mass is 35.5. The van der Waals surface area contributed by atoms with E-state index in [-0.39, 0.29) is 6.61 Å². The lowest BCUT2D eigenvalue weighted by molar-refractivity contribution is -0.116. The minimum Gasteiger partial charge on any atom is -0.379 e. The largest absolute Gasteiger partial charge is 0.379 e. The van der Waals surface area contributed by atoms with Crippen LogP contribution in [-0.4, -0.2) is 44.9 Å². The van der Waals surface area contributed by atoms with Crippen LogP contribution in [-0.2, 0) is 19.0 Å². The quantitative estimate of drug-likeness (QED) is 0.350. The number of ether oxygens (including phenoxy) is 3. The first kappa shape index (κ1) is 15.0. The Morgan fingerprint density at radius 1 is 1.05 bits per heavy atom. The maximum absolute atomic E-state index is 10.4. The number of allylic oxidation sites excluding steroid dienone is 2. The molecule has 1 fully saturated rings. The van der Waals surface area contributed by atoms with Crippen LogP contribution in [0.5, 0.6) is 0 Å². The monoisotopic (exact) mass is 288 g/mol. The van der Waals surface area contributed by atoms with E-state index >= 15 is 0 Å². The molecule has 2 bridgehead atoms. The molecule has 19 heavy (non-hydrogen) atoms. The smallest absolute Gasteiger partial charge is 0.247 e. The molecule has 0 N–H and O–H groups in total. The third-order valence-electron chi connectivity index (χ3n) is 3.71. The highest BCUT2D eigenvalue weighted by Gasteiger charge is 2.35. The fourth-order valence-electron chi connectivity index (χ4n) is 2.81. The van der Waals surface area contributed by atoms with E-state index in [9.17, 15) is 4.79 Å². The van der Waals surface area contributed by atoms with Crippen LogP contribution >= 0.6 is 11.6 Å². The lowest BCUT2D eigenvalue weighted by atomic mass is 9.95. The predicted octanol–water partition coefficient (Wildman–Crippen LogP) is 2.01. The van der Waals surface area contributed by atoms with Gasteiger partial charge in [-0.25, -0.2) is 0 Å². The topological polar surface area (TPSA) is 44.8 Å². The third kappa shape index (κ3) is 5.22. The zero-order valence-corrected chi connectivity index (χ0v) is 11.8. The van der Waals surface area contributed by atoms with Gasteiger partial charge in [-0.05, 0) is 42.2 Å². The van der Waals surface area contributed by atoms with Gasteiger partial charge in [0.2, 0.25) is 5.24 Å². The molecule has 0 radical (unpaired) electrons. The lowest BCUT2D eigenvalue weighted by Gasteiger charge is -2.17. The van der Waals surface area contributed by atoms with Crippen molar-refractivity contribution in [1.82, 2.24) is 0 Å². The molecule has 0 amide bonds. The van der Waals surface area contributed by atoms with Gasteiger partial charge in [-0.15, -0.1) is 0 Å². The molecule has 0 aromatic heterocycles. The van der Waals surface area contributed by atoms with E-state index in [2.05, 4.69) is 12.2 Å². The molecule has 0 spiro atoms. The van der Waals surface area contributed by atoms with E-state index in [1.54, 1.807) is 0 Å². The molecule has 4 nitrogen and oxygen atoms in total. The van der Waals surface area contributed by atoms with Gasteiger partial charge in [-0.1, -0.05) is 12.2 Å². The number of carbonyl (C=O) groups is 1. The molecule has 5 heteroatoms. The number of carbonyl (C=O) groups excluding carboxylic acids is 1. The van der Waals surface area contributed by atoms with E-state index < -0.39 is 5.24 Å². The maximum Gasteiger partial charge on any atom is 0.247 e. The van der Waals surface area contributed by atoms with E-state index in [1.165, 1.54) is 12.8 Å². The van der Waals surface area contributed by atoms with Crippen LogP contribution in [0.2, 0.25) is 0 Å². The van der Waals surface area contributed by atoms with Gasteiger partial charge in [0.1, 0.15) is 6.61 Å². The summed E-state index contributed by atoms with van der Waals surface area (Å²) in [6, 6.07) is 0. The summed E-state index contributed by atoms with van der Waals surface area (Å²) in [6.07, 6.45) is 7.29. The number of fused-ring (bicyclic) bond motifs is 2. The number of hydrogen-bond acceptors (Lipinski definition) is 4. The average molecular weight is 289 g/mol. The Morgan fingerprint density at radius 3 is 2.42 bits per heavy atom. The SMILES string of the molecule is O=C(Cl)COCCOCCOCC1CC2C=CC1C2. The fourth-order valence-corrected chi connectivity index (χ4v) is 2.89. The summed E-state index contributed by atoms with van der Waals surface area (Å²) >= 11 is 5.12. The predicted molar refractivity (Wildman–Crippen MR) is 72.2 cm³/mol. The summed E-state index contributed by atoms with van der Waals surface area (Å²) in [6.45, 7) is 2.81. The highest BCUT2D eigenvalue weighted by molar-refractivity contribution is 6.63. The van der Waals surface area contributed by atoms with Gasteiger partial charge >= 0.3 is 0 Å². The molecule has 0 aromatic rings. The normalized spacial score (nSPS) is 28.2. The fraction of sp³-hybridized carbons (Fsp3) is 0.786. The highest BCUT2D eigenvalue weighted by Crippen LogP contribution is 2.43. The molecule has 0 saturated heterocycles. The zero-order chi connectivity index (χ0) is 13.5. The van der Waals surface area contributed by atoms with E-state index in [4.69, 9.17) is 25.8 Å². The second kappa shape index (κ2) is 8.00.